The van der Waals surface area contributed by atoms with Crippen LogP contribution in [0.4, 0.5) is 0 Å². The van der Waals surface area contributed by atoms with Crippen molar-refractivity contribution in [3.8, 4) is 17.2 Å². The van der Waals surface area contributed by atoms with Gasteiger partial charge in [-0.25, -0.2) is 0 Å². The second-order valence-corrected chi connectivity index (χ2v) is 6.62. The van der Waals surface area contributed by atoms with Crippen LogP contribution in [-0.4, -0.2) is 50.5 Å². The molecule has 1 aromatic carbocycles. The first kappa shape index (κ1) is 19.5. The highest BCUT2D eigenvalue weighted by Crippen LogP contribution is 2.40. The van der Waals surface area contributed by atoms with E-state index in [-0.39, 0.29) is 6.10 Å². The molecule has 1 aliphatic heterocycles. The van der Waals surface area contributed by atoms with Crippen LogP contribution in [0.25, 0.3) is 0 Å². The van der Waals surface area contributed by atoms with Gasteiger partial charge in [-0.05, 0) is 31.0 Å². The van der Waals surface area contributed by atoms with Crippen molar-refractivity contribution in [2.75, 3.05) is 34.5 Å². The van der Waals surface area contributed by atoms with Crippen molar-refractivity contribution in [1.29, 1.82) is 0 Å². The van der Waals surface area contributed by atoms with Crippen LogP contribution >= 0.6 is 0 Å². The van der Waals surface area contributed by atoms with Gasteiger partial charge in [0, 0.05) is 38.0 Å². The van der Waals surface area contributed by atoms with Gasteiger partial charge in [0.05, 0.1) is 33.1 Å². The van der Waals surface area contributed by atoms with Crippen molar-refractivity contribution < 1.29 is 18.9 Å². The maximum Gasteiger partial charge on any atom is 0.203 e. The second-order valence-electron chi connectivity index (χ2n) is 6.62. The fourth-order valence-electron chi connectivity index (χ4n) is 3.51. The molecule has 27 heavy (non-hydrogen) atoms. The minimum Gasteiger partial charge on any atom is -0.493 e. The predicted octanol–water partition coefficient (Wildman–Crippen LogP) is 3.29. The minimum absolute atomic E-state index is 0.264. The fraction of sp³-hybridized carbons (Fsp3) is 0.476. The van der Waals surface area contributed by atoms with Gasteiger partial charge >= 0.3 is 0 Å². The van der Waals surface area contributed by atoms with Crippen LogP contribution in [0, 0.1) is 0 Å². The molecular weight excluding hydrogens is 344 g/mol. The molecule has 146 valence electrons. The topological polar surface area (TPSA) is 53.1 Å². The van der Waals surface area contributed by atoms with Crippen LogP contribution in [0.15, 0.2) is 36.5 Å². The van der Waals surface area contributed by atoms with E-state index in [1.54, 1.807) is 21.3 Å². The van der Waals surface area contributed by atoms with E-state index < -0.39 is 0 Å². The zero-order valence-electron chi connectivity index (χ0n) is 16.3. The van der Waals surface area contributed by atoms with E-state index in [0.717, 1.165) is 43.8 Å². The number of ether oxygens (including phenoxy) is 4. The predicted molar refractivity (Wildman–Crippen MR) is 103 cm³/mol. The Balaban J connectivity index is 1.84. The van der Waals surface area contributed by atoms with Crippen LogP contribution < -0.4 is 14.2 Å². The lowest BCUT2D eigenvalue weighted by Gasteiger charge is -2.26. The molecule has 1 aromatic heterocycles. The largest absolute Gasteiger partial charge is 0.493 e. The average molecular weight is 372 g/mol. The second kappa shape index (κ2) is 9.58. The van der Waals surface area contributed by atoms with Gasteiger partial charge in [0.25, 0.3) is 0 Å². The SMILES string of the molecule is COc1ccc(CN(Cc2ccccn2)C[C@H]2CCCO2)c(OC)c1OC. The van der Waals surface area contributed by atoms with Gasteiger partial charge in [-0.1, -0.05) is 12.1 Å². The summed E-state index contributed by atoms with van der Waals surface area (Å²) in [7, 11) is 4.91. The van der Waals surface area contributed by atoms with Crippen LogP contribution in [0.3, 0.4) is 0 Å². The van der Waals surface area contributed by atoms with E-state index in [1.807, 2.05) is 36.5 Å². The highest BCUT2D eigenvalue weighted by Gasteiger charge is 2.22. The summed E-state index contributed by atoms with van der Waals surface area (Å²) in [6.07, 6.45) is 4.32. The Hall–Kier alpha value is -2.31. The molecule has 0 aliphatic carbocycles. The molecule has 1 fully saturated rings. The van der Waals surface area contributed by atoms with Gasteiger partial charge in [-0.15, -0.1) is 0 Å². The third-order valence-electron chi connectivity index (χ3n) is 4.78. The summed E-state index contributed by atoms with van der Waals surface area (Å²) in [6, 6.07) is 9.95. The van der Waals surface area contributed by atoms with E-state index in [1.165, 1.54) is 0 Å². The van der Waals surface area contributed by atoms with E-state index in [9.17, 15) is 0 Å². The molecule has 0 radical (unpaired) electrons. The molecule has 2 heterocycles. The molecule has 2 aromatic rings. The lowest BCUT2D eigenvalue weighted by atomic mass is 10.1. The smallest absolute Gasteiger partial charge is 0.203 e. The summed E-state index contributed by atoms with van der Waals surface area (Å²) in [5.41, 5.74) is 2.08. The van der Waals surface area contributed by atoms with Crippen LogP contribution in [0.2, 0.25) is 0 Å². The first-order valence-corrected chi connectivity index (χ1v) is 9.26. The lowest BCUT2D eigenvalue weighted by Crippen LogP contribution is -2.32. The summed E-state index contributed by atoms with van der Waals surface area (Å²) < 4.78 is 22.4. The Kier molecular flexibility index (Phi) is 6.90. The molecule has 3 rings (SSSR count). The van der Waals surface area contributed by atoms with Gasteiger partial charge in [-0.3, -0.25) is 9.88 Å². The molecule has 6 nitrogen and oxygen atoms in total. The summed E-state index contributed by atoms with van der Waals surface area (Å²) in [5, 5.41) is 0. The Bertz CT molecular complexity index is 718. The highest BCUT2D eigenvalue weighted by molar-refractivity contribution is 5.55. The van der Waals surface area contributed by atoms with Gasteiger partial charge < -0.3 is 18.9 Å². The average Bonchev–Trinajstić information content (AvgIpc) is 3.21. The third kappa shape index (κ3) is 4.90. The van der Waals surface area contributed by atoms with Crippen molar-refractivity contribution >= 4 is 0 Å². The molecule has 1 atom stereocenters. The maximum atomic E-state index is 5.86. The summed E-state index contributed by atoms with van der Waals surface area (Å²) in [4.78, 5) is 6.83. The van der Waals surface area contributed by atoms with Crippen molar-refractivity contribution in [3.63, 3.8) is 0 Å². The van der Waals surface area contributed by atoms with Gasteiger partial charge in [0.1, 0.15) is 0 Å². The Morgan fingerprint density at radius 3 is 2.52 bits per heavy atom. The molecule has 0 N–H and O–H groups in total. The molecule has 0 bridgehead atoms. The fourth-order valence-corrected chi connectivity index (χ4v) is 3.51. The molecular formula is C21H28N2O4. The molecule has 0 spiro atoms. The Labute approximate surface area is 161 Å². The lowest BCUT2D eigenvalue weighted by molar-refractivity contribution is 0.0671. The molecule has 1 saturated heterocycles. The van der Waals surface area contributed by atoms with E-state index in [0.29, 0.717) is 23.8 Å². The number of hydrogen-bond acceptors (Lipinski definition) is 6. The molecule has 6 heteroatoms. The van der Waals surface area contributed by atoms with E-state index >= 15 is 0 Å². The number of methoxy groups -OCH3 is 3. The summed E-state index contributed by atoms with van der Waals surface area (Å²) in [5.74, 6) is 1.98. The van der Waals surface area contributed by atoms with Crippen molar-refractivity contribution in [2.24, 2.45) is 0 Å². The highest BCUT2D eigenvalue weighted by atomic mass is 16.5. The zero-order chi connectivity index (χ0) is 19.1. The summed E-state index contributed by atoms with van der Waals surface area (Å²) in [6.45, 7) is 3.16. The van der Waals surface area contributed by atoms with Gasteiger partial charge in [-0.2, -0.15) is 0 Å². The first-order valence-electron chi connectivity index (χ1n) is 9.26. The van der Waals surface area contributed by atoms with E-state index in [2.05, 4.69) is 9.88 Å². The molecule has 0 saturated carbocycles. The quantitative estimate of drug-likeness (QED) is 0.673. The van der Waals surface area contributed by atoms with Crippen LogP contribution in [0.1, 0.15) is 24.1 Å². The van der Waals surface area contributed by atoms with Crippen molar-refractivity contribution in [2.45, 2.75) is 32.0 Å². The number of benzene rings is 1. The number of aromatic nitrogens is 1. The van der Waals surface area contributed by atoms with Crippen molar-refractivity contribution in [3.05, 3.63) is 47.8 Å². The minimum atomic E-state index is 0.264. The molecule has 0 unspecified atom stereocenters. The van der Waals surface area contributed by atoms with Crippen molar-refractivity contribution in [1.82, 2.24) is 9.88 Å². The van der Waals surface area contributed by atoms with Crippen LogP contribution in [-0.2, 0) is 17.8 Å². The zero-order valence-corrected chi connectivity index (χ0v) is 16.3. The van der Waals surface area contributed by atoms with Gasteiger partial charge in [0.2, 0.25) is 5.75 Å². The monoisotopic (exact) mass is 372 g/mol. The third-order valence-corrected chi connectivity index (χ3v) is 4.78. The Morgan fingerprint density at radius 1 is 1.04 bits per heavy atom. The number of rotatable bonds is 9. The normalized spacial score (nSPS) is 16.5. The number of hydrogen-bond donors (Lipinski definition) is 0. The maximum absolute atomic E-state index is 5.86. The molecule has 0 amide bonds. The van der Waals surface area contributed by atoms with E-state index in [4.69, 9.17) is 18.9 Å². The molecule has 1 aliphatic rings. The Morgan fingerprint density at radius 2 is 1.89 bits per heavy atom. The van der Waals surface area contributed by atoms with Gasteiger partial charge in [0.15, 0.2) is 11.5 Å². The number of pyridine rings is 1. The number of nitrogens with zero attached hydrogens (tertiary/aromatic N) is 2. The standard InChI is InChI=1S/C21H28N2O4/c1-24-19-10-9-16(20(25-2)21(19)26-3)13-23(15-18-8-6-12-27-18)14-17-7-4-5-11-22-17/h4-5,7,9-11,18H,6,8,12-15H2,1-3H3/t18-/m1/s1. The van der Waals surface area contributed by atoms with Crippen LogP contribution in [0.5, 0.6) is 17.2 Å². The first-order chi connectivity index (χ1) is 13.2. The summed E-state index contributed by atoms with van der Waals surface area (Å²) >= 11 is 0.